The molecule has 0 heterocycles. The van der Waals surface area contributed by atoms with Crippen molar-refractivity contribution in [3.63, 3.8) is 0 Å². The summed E-state index contributed by atoms with van der Waals surface area (Å²) in [5.41, 5.74) is 6.82. The lowest BCUT2D eigenvalue weighted by molar-refractivity contribution is 0.346. The highest BCUT2D eigenvalue weighted by molar-refractivity contribution is 6.31. The number of hydrogen-bond acceptors (Lipinski definition) is 1. The fourth-order valence-corrected chi connectivity index (χ4v) is 1.95. The largest absolute Gasteiger partial charge is 0.327 e. The number of benzene rings is 1. The van der Waals surface area contributed by atoms with Crippen molar-refractivity contribution in [3.8, 4) is 0 Å². The predicted octanol–water partition coefficient (Wildman–Crippen LogP) is 4.18. The van der Waals surface area contributed by atoms with Crippen LogP contribution in [-0.2, 0) is 6.42 Å². The molecule has 0 saturated heterocycles. The second-order valence-electron chi connectivity index (χ2n) is 5.76. The van der Waals surface area contributed by atoms with E-state index in [0.717, 1.165) is 12.8 Å². The fraction of sp³-hybridized carbons (Fsp3) is 0.571. The summed E-state index contributed by atoms with van der Waals surface area (Å²) >= 11 is 5.97. The summed E-state index contributed by atoms with van der Waals surface area (Å²) in [6.45, 7) is 6.53. The number of hydrogen-bond donors (Lipinski definition) is 1. The summed E-state index contributed by atoms with van der Waals surface area (Å²) in [5.74, 6) is -0.260. The minimum atomic E-state index is -0.260. The molecule has 0 aliphatic rings. The van der Waals surface area contributed by atoms with Crippen molar-refractivity contribution in [2.45, 2.75) is 46.1 Å². The molecule has 17 heavy (non-hydrogen) atoms. The van der Waals surface area contributed by atoms with E-state index in [-0.39, 0.29) is 17.3 Å². The third-order valence-electron chi connectivity index (χ3n) is 2.79. The van der Waals surface area contributed by atoms with Crippen molar-refractivity contribution in [3.05, 3.63) is 34.6 Å². The highest BCUT2D eigenvalue weighted by atomic mass is 35.5. The minimum absolute atomic E-state index is 0.0383. The van der Waals surface area contributed by atoms with Crippen LogP contribution in [0.1, 0.15) is 39.2 Å². The first-order valence-corrected chi connectivity index (χ1v) is 6.36. The van der Waals surface area contributed by atoms with Crippen molar-refractivity contribution in [2.24, 2.45) is 11.1 Å². The van der Waals surface area contributed by atoms with Crippen LogP contribution in [0.15, 0.2) is 18.2 Å². The summed E-state index contributed by atoms with van der Waals surface area (Å²) in [7, 11) is 0. The number of halogens is 2. The van der Waals surface area contributed by atoms with Crippen LogP contribution in [0.25, 0.3) is 0 Å². The topological polar surface area (TPSA) is 26.0 Å². The van der Waals surface area contributed by atoms with Gasteiger partial charge in [-0.1, -0.05) is 38.4 Å². The zero-order chi connectivity index (χ0) is 13.1. The highest BCUT2D eigenvalue weighted by Gasteiger charge is 2.15. The highest BCUT2D eigenvalue weighted by Crippen LogP contribution is 2.24. The third kappa shape index (κ3) is 5.05. The SMILES string of the molecule is CC(C)(C)CCC(N)Cc1c(F)cccc1Cl. The van der Waals surface area contributed by atoms with Gasteiger partial charge in [-0.2, -0.15) is 0 Å². The Labute approximate surface area is 108 Å². The van der Waals surface area contributed by atoms with E-state index in [1.807, 2.05) is 0 Å². The lowest BCUT2D eigenvalue weighted by Crippen LogP contribution is -2.25. The van der Waals surface area contributed by atoms with Gasteiger partial charge >= 0.3 is 0 Å². The van der Waals surface area contributed by atoms with E-state index < -0.39 is 0 Å². The Morgan fingerprint density at radius 2 is 2.00 bits per heavy atom. The maximum atomic E-state index is 13.5. The Morgan fingerprint density at radius 1 is 1.35 bits per heavy atom. The quantitative estimate of drug-likeness (QED) is 0.861. The van der Waals surface area contributed by atoms with Gasteiger partial charge in [0.05, 0.1) is 0 Å². The molecule has 1 nitrogen and oxygen atoms in total. The Kier molecular flexibility index (Phi) is 4.96. The summed E-state index contributed by atoms with van der Waals surface area (Å²) in [5, 5.41) is 0.469. The molecule has 1 aromatic carbocycles. The zero-order valence-corrected chi connectivity index (χ0v) is 11.5. The molecule has 0 bridgehead atoms. The molecule has 0 aliphatic heterocycles. The van der Waals surface area contributed by atoms with Gasteiger partial charge in [-0.05, 0) is 36.8 Å². The van der Waals surface area contributed by atoms with Crippen LogP contribution in [0, 0.1) is 11.2 Å². The average Bonchev–Trinajstić information content (AvgIpc) is 2.20. The van der Waals surface area contributed by atoms with Crippen LogP contribution < -0.4 is 5.73 Å². The molecule has 1 unspecified atom stereocenters. The van der Waals surface area contributed by atoms with Crippen LogP contribution in [0.2, 0.25) is 5.02 Å². The molecular weight excluding hydrogens is 237 g/mol. The van der Waals surface area contributed by atoms with Gasteiger partial charge in [0.1, 0.15) is 5.82 Å². The van der Waals surface area contributed by atoms with Crippen molar-refractivity contribution in [2.75, 3.05) is 0 Å². The number of rotatable bonds is 4. The molecule has 0 aromatic heterocycles. The van der Waals surface area contributed by atoms with Crippen LogP contribution >= 0.6 is 11.6 Å². The minimum Gasteiger partial charge on any atom is -0.327 e. The van der Waals surface area contributed by atoms with Gasteiger partial charge in [0, 0.05) is 16.6 Å². The normalized spacial score (nSPS) is 13.8. The standard InChI is InChI=1S/C14H21ClFN/c1-14(2,3)8-7-10(17)9-11-12(15)5-4-6-13(11)16/h4-6,10H,7-9,17H2,1-3H3. The summed E-state index contributed by atoms with van der Waals surface area (Å²) in [4.78, 5) is 0. The Morgan fingerprint density at radius 3 is 2.53 bits per heavy atom. The molecule has 2 N–H and O–H groups in total. The van der Waals surface area contributed by atoms with Crippen molar-refractivity contribution < 1.29 is 4.39 Å². The summed E-state index contributed by atoms with van der Waals surface area (Å²) in [6.07, 6.45) is 2.41. The molecule has 0 saturated carbocycles. The smallest absolute Gasteiger partial charge is 0.127 e. The van der Waals surface area contributed by atoms with Gasteiger partial charge in [-0.3, -0.25) is 0 Å². The van der Waals surface area contributed by atoms with Crippen molar-refractivity contribution >= 4 is 11.6 Å². The molecule has 0 spiro atoms. The molecule has 1 atom stereocenters. The maximum Gasteiger partial charge on any atom is 0.127 e. The second kappa shape index (κ2) is 5.83. The zero-order valence-electron chi connectivity index (χ0n) is 10.8. The molecular formula is C14H21ClFN. The van der Waals surface area contributed by atoms with E-state index in [1.165, 1.54) is 6.07 Å². The van der Waals surface area contributed by atoms with E-state index in [9.17, 15) is 4.39 Å². The van der Waals surface area contributed by atoms with Crippen molar-refractivity contribution in [1.82, 2.24) is 0 Å². The lowest BCUT2D eigenvalue weighted by Gasteiger charge is -2.21. The van der Waals surface area contributed by atoms with E-state index in [0.29, 0.717) is 17.0 Å². The summed E-state index contributed by atoms with van der Waals surface area (Å²) in [6, 6.07) is 4.71. The summed E-state index contributed by atoms with van der Waals surface area (Å²) < 4.78 is 13.5. The molecule has 3 heteroatoms. The van der Waals surface area contributed by atoms with Gasteiger partial charge in [0.15, 0.2) is 0 Å². The monoisotopic (exact) mass is 257 g/mol. The van der Waals surface area contributed by atoms with Crippen LogP contribution in [0.4, 0.5) is 4.39 Å². The maximum absolute atomic E-state index is 13.5. The Hall–Kier alpha value is -0.600. The fourth-order valence-electron chi connectivity index (χ4n) is 1.71. The van der Waals surface area contributed by atoms with Gasteiger partial charge in [0.2, 0.25) is 0 Å². The third-order valence-corrected chi connectivity index (χ3v) is 3.15. The first kappa shape index (κ1) is 14.5. The van der Waals surface area contributed by atoms with E-state index in [4.69, 9.17) is 17.3 Å². The van der Waals surface area contributed by atoms with Gasteiger partial charge < -0.3 is 5.73 Å². The predicted molar refractivity (Wildman–Crippen MR) is 71.8 cm³/mol. The van der Waals surface area contributed by atoms with Gasteiger partial charge in [-0.15, -0.1) is 0 Å². The first-order valence-electron chi connectivity index (χ1n) is 5.98. The molecule has 1 aromatic rings. The van der Waals surface area contributed by atoms with Crippen LogP contribution in [-0.4, -0.2) is 6.04 Å². The lowest BCUT2D eigenvalue weighted by atomic mass is 9.87. The Balaban J connectivity index is 2.59. The molecule has 0 aliphatic carbocycles. The molecule has 0 radical (unpaired) electrons. The van der Waals surface area contributed by atoms with E-state index >= 15 is 0 Å². The molecule has 96 valence electrons. The first-order chi connectivity index (χ1) is 7.79. The van der Waals surface area contributed by atoms with E-state index in [2.05, 4.69) is 20.8 Å². The van der Waals surface area contributed by atoms with Crippen LogP contribution in [0.3, 0.4) is 0 Å². The van der Waals surface area contributed by atoms with Crippen LogP contribution in [0.5, 0.6) is 0 Å². The molecule has 0 amide bonds. The second-order valence-corrected chi connectivity index (χ2v) is 6.17. The average molecular weight is 258 g/mol. The number of nitrogens with two attached hydrogens (primary N) is 1. The van der Waals surface area contributed by atoms with Gasteiger partial charge in [0.25, 0.3) is 0 Å². The van der Waals surface area contributed by atoms with Crippen molar-refractivity contribution in [1.29, 1.82) is 0 Å². The van der Waals surface area contributed by atoms with E-state index in [1.54, 1.807) is 12.1 Å². The van der Waals surface area contributed by atoms with Gasteiger partial charge in [-0.25, -0.2) is 4.39 Å². The molecule has 0 fully saturated rings. The molecule has 1 rings (SSSR count). The Bertz CT molecular complexity index is 351.